The molecule has 0 bridgehead atoms. The molecule has 20 heavy (non-hydrogen) atoms. The van der Waals surface area contributed by atoms with Gasteiger partial charge in [0.25, 0.3) is 0 Å². The van der Waals surface area contributed by atoms with Crippen molar-refractivity contribution in [3.05, 3.63) is 70.8 Å². The minimum Gasteiger partial charge on any atom is -0.294 e. The van der Waals surface area contributed by atoms with Gasteiger partial charge in [-0.15, -0.1) is 0 Å². The highest BCUT2D eigenvalue weighted by Crippen LogP contribution is 2.11. The van der Waals surface area contributed by atoms with Crippen molar-refractivity contribution < 1.29 is 4.79 Å². The van der Waals surface area contributed by atoms with E-state index in [1.54, 1.807) is 36.4 Å². The summed E-state index contributed by atoms with van der Waals surface area (Å²) in [5.74, 6) is 0.00413. The minimum absolute atomic E-state index is 0.00413. The molecule has 0 aliphatic carbocycles. The van der Waals surface area contributed by atoms with Crippen LogP contribution >= 0.6 is 0 Å². The Morgan fingerprint density at radius 3 is 2.30 bits per heavy atom. The number of aryl methyl sites for hydroxylation is 1. The van der Waals surface area contributed by atoms with E-state index in [-0.39, 0.29) is 5.78 Å². The van der Waals surface area contributed by atoms with Gasteiger partial charge in [0.15, 0.2) is 5.78 Å². The Morgan fingerprint density at radius 1 is 0.950 bits per heavy atom. The van der Waals surface area contributed by atoms with Crippen molar-refractivity contribution in [2.45, 2.75) is 12.8 Å². The molecule has 0 atom stereocenters. The number of carbonyl (C=O) groups excluding carboxylic acids is 1. The summed E-state index contributed by atoms with van der Waals surface area (Å²) < 4.78 is 0. The molecule has 0 aromatic heterocycles. The van der Waals surface area contributed by atoms with E-state index >= 15 is 0 Å². The van der Waals surface area contributed by atoms with Crippen molar-refractivity contribution in [3.63, 3.8) is 0 Å². The Balaban J connectivity index is 2.05. The molecular weight excluding hydrogens is 248 g/mol. The molecule has 0 heterocycles. The SMILES string of the molecule is N#Cc1cccc(CCC(=O)c2cccc(C#N)c2)c1. The van der Waals surface area contributed by atoms with Crippen molar-refractivity contribution in [2.24, 2.45) is 0 Å². The predicted molar refractivity (Wildman–Crippen MR) is 75.0 cm³/mol. The van der Waals surface area contributed by atoms with Crippen LogP contribution in [0.1, 0.15) is 33.5 Å². The van der Waals surface area contributed by atoms with Gasteiger partial charge in [0.1, 0.15) is 0 Å². The first-order valence-electron chi connectivity index (χ1n) is 6.25. The Morgan fingerprint density at radius 2 is 1.60 bits per heavy atom. The molecule has 2 aromatic carbocycles. The summed E-state index contributed by atoms with van der Waals surface area (Å²) in [7, 11) is 0. The quantitative estimate of drug-likeness (QED) is 0.792. The van der Waals surface area contributed by atoms with Crippen LogP contribution in [0.3, 0.4) is 0 Å². The van der Waals surface area contributed by atoms with Gasteiger partial charge in [-0.3, -0.25) is 4.79 Å². The van der Waals surface area contributed by atoms with Crippen LogP contribution in [-0.4, -0.2) is 5.78 Å². The third kappa shape index (κ3) is 3.31. The topological polar surface area (TPSA) is 64.7 Å². The van der Waals surface area contributed by atoms with E-state index in [1.165, 1.54) is 0 Å². The second-order valence-electron chi connectivity index (χ2n) is 4.43. The fourth-order valence-corrected chi connectivity index (χ4v) is 1.96. The molecule has 0 aliphatic heterocycles. The molecule has 0 spiro atoms. The summed E-state index contributed by atoms with van der Waals surface area (Å²) in [6, 6.07) is 18.1. The standard InChI is InChI=1S/C17H12N2O/c18-11-14-4-1-3-13(9-14)7-8-17(20)16-6-2-5-15(10-16)12-19/h1-6,9-10H,7-8H2. The fraction of sp³-hybridized carbons (Fsp3) is 0.118. The molecule has 0 fully saturated rings. The maximum atomic E-state index is 12.1. The Hall–Kier alpha value is -2.91. The molecule has 0 aliphatic rings. The molecule has 0 N–H and O–H groups in total. The van der Waals surface area contributed by atoms with Crippen LogP contribution in [0.5, 0.6) is 0 Å². The largest absolute Gasteiger partial charge is 0.294 e. The second-order valence-corrected chi connectivity index (χ2v) is 4.43. The number of Topliss-reactive ketones (excluding diaryl/α,β-unsaturated/α-hetero) is 1. The molecule has 0 amide bonds. The Kier molecular flexibility index (Phi) is 4.27. The lowest BCUT2D eigenvalue weighted by Gasteiger charge is -2.03. The van der Waals surface area contributed by atoms with Crippen molar-refractivity contribution in [1.82, 2.24) is 0 Å². The van der Waals surface area contributed by atoms with Crippen molar-refractivity contribution in [2.75, 3.05) is 0 Å². The highest BCUT2D eigenvalue weighted by atomic mass is 16.1. The van der Waals surface area contributed by atoms with Crippen LogP contribution < -0.4 is 0 Å². The molecule has 0 unspecified atom stereocenters. The molecule has 3 heteroatoms. The number of nitriles is 2. The highest BCUT2D eigenvalue weighted by Gasteiger charge is 2.07. The van der Waals surface area contributed by atoms with E-state index in [4.69, 9.17) is 10.5 Å². The minimum atomic E-state index is 0.00413. The van der Waals surface area contributed by atoms with Crippen LogP contribution in [0.25, 0.3) is 0 Å². The summed E-state index contributed by atoms with van der Waals surface area (Å²) in [4.78, 5) is 12.1. The van der Waals surface area contributed by atoms with Gasteiger partial charge in [-0.1, -0.05) is 24.3 Å². The Bertz CT molecular complexity index is 720. The zero-order valence-corrected chi connectivity index (χ0v) is 10.8. The smallest absolute Gasteiger partial charge is 0.163 e. The van der Waals surface area contributed by atoms with Crippen LogP contribution in [0.4, 0.5) is 0 Å². The van der Waals surface area contributed by atoms with Gasteiger partial charge in [-0.05, 0) is 36.2 Å². The predicted octanol–water partition coefficient (Wildman–Crippen LogP) is 3.25. The average Bonchev–Trinajstić information content (AvgIpc) is 2.52. The van der Waals surface area contributed by atoms with Gasteiger partial charge in [-0.25, -0.2) is 0 Å². The van der Waals surface area contributed by atoms with Gasteiger partial charge in [-0.2, -0.15) is 10.5 Å². The summed E-state index contributed by atoms with van der Waals surface area (Å²) in [6.45, 7) is 0. The monoisotopic (exact) mass is 260 g/mol. The van der Waals surface area contributed by atoms with Crippen LogP contribution in [-0.2, 0) is 6.42 Å². The van der Waals surface area contributed by atoms with E-state index in [2.05, 4.69) is 6.07 Å². The van der Waals surface area contributed by atoms with Crippen LogP contribution in [0.15, 0.2) is 48.5 Å². The summed E-state index contributed by atoms with van der Waals surface area (Å²) >= 11 is 0. The fourth-order valence-electron chi connectivity index (χ4n) is 1.96. The molecule has 96 valence electrons. The van der Waals surface area contributed by atoms with Crippen molar-refractivity contribution >= 4 is 5.78 Å². The first kappa shape index (κ1) is 13.5. The van der Waals surface area contributed by atoms with E-state index in [0.29, 0.717) is 29.5 Å². The van der Waals surface area contributed by atoms with E-state index in [0.717, 1.165) is 5.56 Å². The van der Waals surface area contributed by atoms with Gasteiger partial charge in [0.05, 0.1) is 23.3 Å². The lowest BCUT2D eigenvalue weighted by molar-refractivity contribution is 0.0983. The second kappa shape index (κ2) is 6.31. The van der Waals surface area contributed by atoms with Crippen LogP contribution in [0.2, 0.25) is 0 Å². The maximum absolute atomic E-state index is 12.1. The van der Waals surface area contributed by atoms with E-state index < -0.39 is 0 Å². The molecular formula is C17H12N2O. The first-order valence-corrected chi connectivity index (χ1v) is 6.25. The van der Waals surface area contributed by atoms with Gasteiger partial charge in [0.2, 0.25) is 0 Å². The molecule has 0 radical (unpaired) electrons. The summed E-state index contributed by atoms with van der Waals surface area (Å²) in [6.07, 6.45) is 0.953. The number of hydrogen-bond acceptors (Lipinski definition) is 3. The first-order chi connectivity index (χ1) is 9.72. The molecule has 0 saturated carbocycles. The van der Waals surface area contributed by atoms with Crippen molar-refractivity contribution in [3.8, 4) is 12.1 Å². The van der Waals surface area contributed by atoms with Gasteiger partial charge < -0.3 is 0 Å². The number of carbonyl (C=O) groups is 1. The third-order valence-electron chi connectivity index (χ3n) is 3.01. The number of rotatable bonds is 4. The molecule has 2 rings (SSSR count). The highest BCUT2D eigenvalue weighted by molar-refractivity contribution is 5.96. The van der Waals surface area contributed by atoms with E-state index in [1.807, 2.05) is 18.2 Å². The number of ketones is 1. The lowest BCUT2D eigenvalue weighted by atomic mass is 10.0. The van der Waals surface area contributed by atoms with Gasteiger partial charge in [0, 0.05) is 12.0 Å². The molecule has 3 nitrogen and oxygen atoms in total. The normalized spacial score (nSPS) is 9.50. The summed E-state index contributed by atoms with van der Waals surface area (Å²) in [5, 5.41) is 17.6. The summed E-state index contributed by atoms with van der Waals surface area (Å²) in [5.41, 5.74) is 2.61. The third-order valence-corrected chi connectivity index (χ3v) is 3.01. The van der Waals surface area contributed by atoms with Crippen molar-refractivity contribution in [1.29, 1.82) is 10.5 Å². The van der Waals surface area contributed by atoms with Crippen LogP contribution in [0, 0.1) is 22.7 Å². The van der Waals surface area contributed by atoms with Gasteiger partial charge >= 0.3 is 0 Å². The molecule has 0 saturated heterocycles. The van der Waals surface area contributed by atoms with E-state index in [9.17, 15) is 4.79 Å². The zero-order chi connectivity index (χ0) is 14.4. The maximum Gasteiger partial charge on any atom is 0.163 e. The Labute approximate surface area is 117 Å². The lowest BCUT2D eigenvalue weighted by Crippen LogP contribution is -2.01. The number of hydrogen-bond donors (Lipinski definition) is 0. The number of nitrogens with zero attached hydrogens (tertiary/aromatic N) is 2. The number of benzene rings is 2. The molecule has 2 aromatic rings. The zero-order valence-electron chi connectivity index (χ0n) is 10.8. The average molecular weight is 260 g/mol.